The number of carbonyl (C=O) groups excluding carboxylic acids is 2. The van der Waals surface area contributed by atoms with Crippen molar-refractivity contribution in [1.82, 2.24) is 10.2 Å². The number of amides is 2. The Morgan fingerprint density at radius 3 is 2.38 bits per heavy atom. The molecule has 1 aliphatic heterocycles. The van der Waals surface area contributed by atoms with Gasteiger partial charge in [-0.05, 0) is 42.3 Å². The molecule has 1 fully saturated rings. The van der Waals surface area contributed by atoms with Gasteiger partial charge < -0.3 is 19.9 Å². The number of halogens is 1. The molecule has 3 rings (SSSR count). The number of rotatable bonds is 7. The summed E-state index contributed by atoms with van der Waals surface area (Å²) in [5.41, 5.74) is 1.64. The van der Waals surface area contributed by atoms with Crippen molar-refractivity contribution in [3.05, 3.63) is 59.9 Å². The van der Waals surface area contributed by atoms with E-state index in [9.17, 15) is 14.0 Å². The number of methoxy groups -OCH3 is 1. The van der Waals surface area contributed by atoms with E-state index in [-0.39, 0.29) is 24.1 Å². The quantitative estimate of drug-likeness (QED) is 0.726. The first-order valence-electron chi connectivity index (χ1n) is 9.73. The molecule has 0 aliphatic carbocycles. The molecule has 0 spiro atoms. The van der Waals surface area contributed by atoms with Crippen LogP contribution in [0.15, 0.2) is 48.5 Å². The number of anilines is 1. The third-order valence-corrected chi connectivity index (χ3v) is 5.06. The maximum atomic E-state index is 13.6. The van der Waals surface area contributed by atoms with Gasteiger partial charge in [0.2, 0.25) is 11.8 Å². The average molecular weight is 399 g/mol. The van der Waals surface area contributed by atoms with Crippen molar-refractivity contribution in [2.45, 2.75) is 12.8 Å². The van der Waals surface area contributed by atoms with Crippen LogP contribution in [0, 0.1) is 5.82 Å². The van der Waals surface area contributed by atoms with Crippen LogP contribution in [0.3, 0.4) is 0 Å². The lowest BCUT2D eigenvalue weighted by atomic mass is 10.1. The summed E-state index contributed by atoms with van der Waals surface area (Å²) < 4.78 is 18.7. The molecule has 1 aliphatic rings. The summed E-state index contributed by atoms with van der Waals surface area (Å²) in [6.07, 6.45) is 0.215. The van der Waals surface area contributed by atoms with Crippen LogP contribution in [-0.2, 0) is 16.0 Å². The van der Waals surface area contributed by atoms with Gasteiger partial charge in [0.1, 0.15) is 18.0 Å². The molecule has 29 heavy (non-hydrogen) atoms. The number of nitrogens with zero attached hydrogens (tertiary/aromatic N) is 2. The van der Waals surface area contributed by atoms with Crippen molar-refractivity contribution in [1.29, 1.82) is 0 Å². The zero-order valence-corrected chi connectivity index (χ0v) is 16.6. The van der Waals surface area contributed by atoms with Gasteiger partial charge in [0, 0.05) is 38.4 Å². The molecule has 0 unspecified atom stereocenters. The highest BCUT2D eigenvalue weighted by Gasteiger charge is 2.23. The summed E-state index contributed by atoms with van der Waals surface area (Å²) >= 11 is 0. The number of benzene rings is 2. The van der Waals surface area contributed by atoms with E-state index in [4.69, 9.17) is 4.74 Å². The maximum absolute atomic E-state index is 13.6. The van der Waals surface area contributed by atoms with Crippen molar-refractivity contribution < 1.29 is 18.7 Å². The Hall–Kier alpha value is -3.09. The van der Waals surface area contributed by atoms with Crippen LogP contribution in [-0.4, -0.2) is 56.5 Å². The third kappa shape index (κ3) is 5.70. The minimum absolute atomic E-state index is 0.178. The van der Waals surface area contributed by atoms with Gasteiger partial charge in [-0.25, -0.2) is 4.39 Å². The fourth-order valence-corrected chi connectivity index (χ4v) is 3.36. The van der Waals surface area contributed by atoms with Gasteiger partial charge in [0.05, 0.1) is 7.11 Å². The van der Waals surface area contributed by atoms with Crippen molar-refractivity contribution in [2.24, 2.45) is 0 Å². The van der Waals surface area contributed by atoms with Crippen LogP contribution < -0.4 is 15.0 Å². The first kappa shape index (κ1) is 20.6. The fraction of sp³-hybridized carbons (Fsp3) is 0.364. The van der Waals surface area contributed by atoms with Crippen LogP contribution in [0.5, 0.6) is 5.75 Å². The molecule has 0 bridgehead atoms. The summed E-state index contributed by atoms with van der Waals surface area (Å²) in [5, 5.41) is 2.70. The second-order valence-corrected chi connectivity index (χ2v) is 6.93. The Morgan fingerprint density at radius 1 is 1.03 bits per heavy atom. The predicted molar refractivity (Wildman–Crippen MR) is 110 cm³/mol. The molecule has 0 radical (unpaired) electrons. The fourth-order valence-electron chi connectivity index (χ4n) is 3.36. The number of piperazine rings is 1. The lowest BCUT2D eigenvalue weighted by molar-refractivity contribution is -0.136. The molecule has 0 aromatic heterocycles. The van der Waals surface area contributed by atoms with E-state index in [2.05, 4.69) is 10.2 Å². The standard InChI is InChI=1S/C22H26FN3O3/c1-29-19-8-6-18(7-9-19)25-12-14-26(15-13-25)22(28)16-21(27)24-11-10-17-4-2-3-5-20(17)23/h2-9H,10-16H2,1H3,(H,24,27). The lowest BCUT2D eigenvalue weighted by Crippen LogP contribution is -2.49. The summed E-state index contributed by atoms with van der Waals surface area (Å²) in [6, 6.07) is 14.3. The summed E-state index contributed by atoms with van der Waals surface area (Å²) in [4.78, 5) is 28.4. The van der Waals surface area contributed by atoms with E-state index >= 15 is 0 Å². The minimum atomic E-state index is -0.330. The topological polar surface area (TPSA) is 61.9 Å². The second-order valence-electron chi connectivity index (χ2n) is 6.93. The Balaban J connectivity index is 1.39. The number of hydrogen-bond donors (Lipinski definition) is 1. The zero-order chi connectivity index (χ0) is 20.6. The smallest absolute Gasteiger partial charge is 0.232 e. The molecule has 1 saturated heterocycles. The van der Waals surface area contributed by atoms with Crippen molar-refractivity contribution in [2.75, 3.05) is 44.7 Å². The molecule has 0 atom stereocenters. The van der Waals surface area contributed by atoms with E-state index in [1.54, 1.807) is 30.2 Å². The normalized spacial score (nSPS) is 13.9. The van der Waals surface area contributed by atoms with E-state index in [1.165, 1.54) is 6.07 Å². The molecule has 2 amide bonds. The molecule has 6 nitrogen and oxygen atoms in total. The molecule has 7 heteroatoms. The Labute approximate surface area is 170 Å². The predicted octanol–water partition coefficient (Wildman–Crippen LogP) is 2.23. The van der Waals surface area contributed by atoms with Crippen LogP contribution in [0.2, 0.25) is 0 Å². The Morgan fingerprint density at radius 2 is 1.72 bits per heavy atom. The lowest BCUT2D eigenvalue weighted by Gasteiger charge is -2.36. The SMILES string of the molecule is COc1ccc(N2CCN(C(=O)CC(=O)NCCc3ccccc3F)CC2)cc1. The Kier molecular flexibility index (Phi) is 7.05. The van der Waals surface area contributed by atoms with Gasteiger partial charge in [-0.2, -0.15) is 0 Å². The van der Waals surface area contributed by atoms with Gasteiger partial charge in [0.25, 0.3) is 0 Å². The van der Waals surface area contributed by atoms with Gasteiger partial charge in [-0.15, -0.1) is 0 Å². The van der Waals surface area contributed by atoms with Crippen molar-refractivity contribution in [3.8, 4) is 5.75 Å². The van der Waals surface area contributed by atoms with E-state index in [0.29, 0.717) is 44.7 Å². The number of hydrogen-bond acceptors (Lipinski definition) is 4. The molecule has 2 aromatic rings. The van der Waals surface area contributed by atoms with E-state index < -0.39 is 0 Å². The van der Waals surface area contributed by atoms with Gasteiger partial charge in [-0.3, -0.25) is 9.59 Å². The van der Waals surface area contributed by atoms with Gasteiger partial charge in [-0.1, -0.05) is 18.2 Å². The number of nitrogens with one attached hydrogen (secondary N) is 1. The maximum Gasteiger partial charge on any atom is 0.232 e. The first-order valence-corrected chi connectivity index (χ1v) is 9.73. The molecule has 1 heterocycles. The minimum Gasteiger partial charge on any atom is -0.497 e. The zero-order valence-electron chi connectivity index (χ0n) is 16.6. The van der Waals surface area contributed by atoms with Crippen LogP contribution in [0.1, 0.15) is 12.0 Å². The summed E-state index contributed by atoms with van der Waals surface area (Å²) in [7, 11) is 1.63. The average Bonchev–Trinajstić information content (AvgIpc) is 2.75. The second kappa shape index (κ2) is 9.91. The number of ether oxygens (including phenoxy) is 1. The molecule has 2 aromatic carbocycles. The molecular weight excluding hydrogens is 373 g/mol. The highest BCUT2D eigenvalue weighted by molar-refractivity contribution is 5.97. The van der Waals surface area contributed by atoms with Crippen LogP contribution in [0.4, 0.5) is 10.1 Å². The highest BCUT2D eigenvalue weighted by Crippen LogP contribution is 2.20. The van der Waals surface area contributed by atoms with E-state index in [1.807, 2.05) is 24.3 Å². The highest BCUT2D eigenvalue weighted by atomic mass is 19.1. The monoisotopic (exact) mass is 399 g/mol. The summed E-state index contributed by atoms with van der Waals surface area (Å²) in [5.74, 6) is 0.0165. The summed E-state index contributed by atoms with van der Waals surface area (Å²) in [6.45, 7) is 2.89. The third-order valence-electron chi connectivity index (χ3n) is 5.06. The van der Waals surface area contributed by atoms with Gasteiger partial charge in [0.15, 0.2) is 0 Å². The number of carbonyl (C=O) groups is 2. The molecule has 1 N–H and O–H groups in total. The molecular formula is C22H26FN3O3. The van der Waals surface area contributed by atoms with Crippen molar-refractivity contribution in [3.63, 3.8) is 0 Å². The molecule has 154 valence electrons. The molecule has 0 saturated carbocycles. The van der Waals surface area contributed by atoms with Crippen LogP contribution >= 0.6 is 0 Å². The van der Waals surface area contributed by atoms with Crippen LogP contribution in [0.25, 0.3) is 0 Å². The van der Waals surface area contributed by atoms with Gasteiger partial charge >= 0.3 is 0 Å². The Bertz CT molecular complexity index is 833. The van der Waals surface area contributed by atoms with Crippen molar-refractivity contribution >= 4 is 17.5 Å². The van der Waals surface area contributed by atoms with E-state index in [0.717, 1.165) is 11.4 Å². The largest absolute Gasteiger partial charge is 0.497 e. The first-order chi connectivity index (χ1) is 14.1.